The molecule has 1 amide bonds. The van der Waals surface area contributed by atoms with Crippen LogP contribution >= 0.6 is 0 Å². The predicted molar refractivity (Wildman–Crippen MR) is 95.5 cm³/mol. The van der Waals surface area contributed by atoms with Crippen LogP contribution in [0, 0.1) is 0 Å². The minimum atomic E-state index is -0.586. The Kier molecular flexibility index (Phi) is 4.49. The number of anilines is 1. The maximum atomic E-state index is 12.7. The number of fused-ring (bicyclic) bond motifs is 1. The van der Waals surface area contributed by atoms with Crippen molar-refractivity contribution < 1.29 is 14.6 Å². The van der Waals surface area contributed by atoms with Crippen LogP contribution in [0.5, 0.6) is 5.75 Å². The monoisotopic (exact) mass is 321 g/mol. The zero-order chi connectivity index (χ0) is 17.1. The molecule has 0 fully saturated rings. The molecule has 0 unspecified atom stereocenters. The second-order valence-corrected chi connectivity index (χ2v) is 5.62. The maximum absolute atomic E-state index is 12.7. The van der Waals surface area contributed by atoms with Crippen LogP contribution in [0.25, 0.3) is 10.8 Å². The van der Waals surface area contributed by atoms with Crippen LogP contribution < -0.4 is 10.1 Å². The molecule has 122 valence electrons. The summed E-state index contributed by atoms with van der Waals surface area (Å²) in [6.07, 6.45) is -0.586. The van der Waals surface area contributed by atoms with Gasteiger partial charge in [-0.1, -0.05) is 42.5 Å². The molecule has 0 aromatic heterocycles. The van der Waals surface area contributed by atoms with E-state index >= 15 is 0 Å². The van der Waals surface area contributed by atoms with Crippen molar-refractivity contribution in [2.24, 2.45) is 0 Å². The van der Waals surface area contributed by atoms with Crippen LogP contribution in [-0.4, -0.2) is 18.1 Å². The standard InChI is InChI=1S/C20H19NO3/c1-13(22)15-7-5-8-16(12-15)21-20(23)18-11-10-14-6-3-4-9-17(14)19(18)24-2/h3-13,22H,1-2H3,(H,21,23)/t13-/m0/s1. The summed E-state index contributed by atoms with van der Waals surface area (Å²) in [5, 5.41) is 14.4. The predicted octanol–water partition coefficient (Wildman–Crippen LogP) is 4.15. The molecule has 3 aromatic carbocycles. The van der Waals surface area contributed by atoms with Crippen LogP contribution in [0.4, 0.5) is 5.69 Å². The number of carbonyl (C=O) groups excluding carboxylic acids is 1. The number of aliphatic hydroxyl groups excluding tert-OH is 1. The van der Waals surface area contributed by atoms with Gasteiger partial charge in [-0.25, -0.2) is 0 Å². The average Bonchev–Trinajstić information content (AvgIpc) is 2.60. The Labute approximate surface area is 140 Å². The minimum Gasteiger partial charge on any atom is -0.495 e. The first-order valence-electron chi connectivity index (χ1n) is 7.75. The second-order valence-electron chi connectivity index (χ2n) is 5.62. The lowest BCUT2D eigenvalue weighted by atomic mass is 10.0. The van der Waals surface area contributed by atoms with Gasteiger partial charge in [0.25, 0.3) is 5.91 Å². The van der Waals surface area contributed by atoms with Crippen molar-refractivity contribution in [1.29, 1.82) is 0 Å². The fourth-order valence-corrected chi connectivity index (χ4v) is 2.72. The molecular weight excluding hydrogens is 302 g/mol. The van der Waals surface area contributed by atoms with Gasteiger partial charge in [0.05, 0.1) is 18.8 Å². The molecular formula is C20H19NO3. The van der Waals surface area contributed by atoms with E-state index in [4.69, 9.17) is 4.74 Å². The van der Waals surface area contributed by atoms with E-state index in [1.807, 2.05) is 36.4 Å². The number of aliphatic hydroxyl groups is 1. The Balaban J connectivity index is 1.95. The number of ether oxygens (including phenoxy) is 1. The summed E-state index contributed by atoms with van der Waals surface area (Å²) < 4.78 is 5.48. The van der Waals surface area contributed by atoms with Gasteiger partial charge in [-0.2, -0.15) is 0 Å². The lowest BCUT2D eigenvalue weighted by Gasteiger charge is -2.13. The molecule has 0 aliphatic carbocycles. The molecule has 0 saturated heterocycles. The minimum absolute atomic E-state index is 0.250. The van der Waals surface area contributed by atoms with Crippen molar-refractivity contribution in [3.05, 3.63) is 71.8 Å². The van der Waals surface area contributed by atoms with E-state index in [0.717, 1.165) is 16.3 Å². The summed E-state index contributed by atoms with van der Waals surface area (Å²) in [7, 11) is 1.56. The second kappa shape index (κ2) is 6.72. The molecule has 4 heteroatoms. The summed E-state index contributed by atoms with van der Waals surface area (Å²) in [5.41, 5.74) is 1.85. The Morgan fingerprint density at radius 3 is 2.62 bits per heavy atom. The molecule has 0 aliphatic rings. The zero-order valence-corrected chi connectivity index (χ0v) is 13.6. The Hall–Kier alpha value is -2.85. The first-order valence-corrected chi connectivity index (χ1v) is 7.75. The number of rotatable bonds is 4. The van der Waals surface area contributed by atoms with Crippen LogP contribution in [0.1, 0.15) is 28.9 Å². The molecule has 24 heavy (non-hydrogen) atoms. The summed E-state index contributed by atoms with van der Waals surface area (Å²) in [4.78, 5) is 12.7. The van der Waals surface area contributed by atoms with Gasteiger partial charge in [0.2, 0.25) is 0 Å². The lowest BCUT2D eigenvalue weighted by Crippen LogP contribution is -2.13. The Bertz CT molecular complexity index is 887. The molecule has 3 aromatic rings. The smallest absolute Gasteiger partial charge is 0.259 e. The Morgan fingerprint density at radius 2 is 1.88 bits per heavy atom. The first kappa shape index (κ1) is 16.0. The number of benzene rings is 3. The van der Waals surface area contributed by atoms with Crippen LogP contribution in [0.2, 0.25) is 0 Å². The van der Waals surface area contributed by atoms with Gasteiger partial charge in [0, 0.05) is 11.1 Å². The first-order chi connectivity index (χ1) is 11.6. The average molecular weight is 321 g/mol. The number of hydrogen-bond donors (Lipinski definition) is 2. The van der Waals surface area contributed by atoms with E-state index in [0.29, 0.717) is 17.0 Å². The van der Waals surface area contributed by atoms with E-state index in [9.17, 15) is 9.90 Å². The van der Waals surface area contributed by atoms with E-state index < -0.39 is 6.10 Å². The highest BCUT2D eigenvalue weighted by atomic mass is 16.5. The quantitative estimate of drug-likeness (QED) is 0.759. The fraction of sp³-hybridized carbons (Fsp3) is 0.150. The molecule has 2 N–H and O–H groups in total. The largest absolute Gasteiger partial charge is 0.495 e. The maximum Gasteiger partial charge on any atom is 0.259 e. The molecule has 4 nitrogen and oxygen atoms in total. The normalized spacial score (nSPS) is 12.0. The van der Waals surface area contributed by atoms with E-state index in [1.165, 1.54) is 0 Å². The van der Waals surface area contributed by atoms with Gasteiger partial charge in [0.15, 0.2) is 0 Å². The Morgan fingerprint density at radius 1 is 1.08 bits per heavy atom. The number of methoxy groups -OCH3 is 1. The van der Waals surface area contributed by atoms with Crippen molar-refractivity contribution in [1.82, 2.24) is 0 Å². The third-order valence-corrected chi connectivity index (χ3v) is 3.96. The lowest BCUT2D eigenvalue weighted by molar-refractivity contribution is 0.102. The topological polar surface area (TPSA) is 58.6 Å². The number of hydrogen-bond acceptors (Lipinski definition) is 3. The van der Waals surface area contributed by atoms with Crippen LogP contribution in [0.3, 0.4) is 0 Å². The fourth-order valence-electron chi connectivity index (χ4n) is 2.72. The van der Waals surface area contributed by atoms with Gasteiger partial charge in [-0.3, -0.25) is 4.79 Å². The van der Waals surface area contributed by atoms with Crippen LogP contribution in [0.15, 0.2) is 60.7 Å². The highest BCUT2D eigenvalue weighted by Crippen LogP contribution is 2.30. The van der Waals surface area contributed by atoms with Crippen LogP contribution in [-0.2, 0) is 0 Å². The molecule has 0 radical (unpaired) electrons. The molecule has 1 atom stereocenters. The molecule has 0 saturated carbocycles. The summed E-state index contributed by atoms with van der Waals surface area (Å²) in [5.74, 6) is 0.303. The molecule has 3 rings (SSSR count). The van der Waals surface area contributed by atoms with Gasteiger partial charge in [-0.05, 0) is 36.1 Å². The van der Waals surface area contributed by atoms with Gasteiger partial charge in [0.1, 0.15) is 5.75 Å². The summed E-state index contributed by atoms with van der Waals surface area (Å²) >= 11 is 0. The van der Waals surface area contributed by atoms with Crippen molar-refractivity contribution in [3.63, 3.8) is 0 Å². The van der Waals surface area contributed by atoms with E-state index in [-0.39, 0.29) is 5.91 Å². The SMILES string of the molecule is COc1c(C(=O)Nc2cccc([C@H](C)O)c2)ccc2ccccc12. The van der Waals surface area contributed by atoms with Crippen molar-refractivity contribution in [2.45, 2.75) is 13.0 Å². The molecule has 0 bridgehead atoms. The highest BCUT2D eigenvalue weighted by Gasteiger charge is 2.15. The van der Waals surface area contributed by atoms with Crippen molar-refractivity contribution in [3.8, 4) is 5.75 Å². The van der Waals surface area contributed by atoms with Gasteiger partial charge < -0.3 is 15.2 Å². The number of carbonyl (C=O) groups is 1. The molecule has 0 heterocycles. The highest BCUT2D eigenvalue weighted by molar-refractivity contribution is 6.10. The van der Waals surface area contributed by atoms with Crippen molar-refractivity contribution in [2.75, 3.05) is 12.4 Å². The van der Waals surface area contributed by atoms with Crippen molar-refractivity contribution >= 4 is 22.4 Å². The van der Waals surface area contributed by atoms with Gasteiger partial charge >= 0.3 is 0 Å². The summed E-state index contributed by atoms with van der Waals surface area (Å²) in [6.45, 7) is 1.69. The molecule has 0 spiro atoms. The molecule has 0 aliphatic heterocycles. The third kappa shape index (κ3) is 3.09. The van der Waals surface area contributed by atoms with E-state index in [2.05, 4.69) is 5.32 Å². The summed E-state index contributed by atoms with van der Waals surface area (Å²) in [6, 6.07) is 18.6. The third-order valence-electron chi connectivity index (χ3n) is 3.96. The number of nitrogens with one attached hydrogen (secondary N) is 1. The van der Waals surface area contributed by atoms with Gasteiger partial charge in [-0.15, -0.1) is 0 Å². The zero-order valence-electron chi connectivity index (χ0n) is 13.6. The number of amides is 1. The van der Waals surface area contributed by atoms with E-state index in [1.54, 1.807) is 38.3 Å².